The van der Waals surface area contributed by atoms with Crippen LogP contribution in [0.25, 0.3) is 0 Å². The fourth-order valence-corrected chi connectivity index (χ4v) is 3.33. The van der Waals surface area contributed by atoms with Crippen molar-refractivity contribution >= 4 is 6.09 Å². The number of nitrogens with zero attached hydrogens (tertiary/aromatic N) is 1. The number of carbonyl (C=O) groups is 1. The van der Waals surface area contributed by atoms with Crippen LogP contribution < -0.4 is 5.32 Å². The second kappa shape index (κ2) is 6.36. The van der Waals surface area contributed by atoms with Gasteiger partial charge in [0, 0.05) is 18.6 Å². The lowest BCUT2D eigenvalue weighted by Gasteiger charge is -2.41. The van der Waals surface area contributed by atoms with E-state index in [1.807, 2.05) is 20.8 Å². The first kappa shape index (κ1) is 17.5. The lowest BCUT2D eigenvalue weighted by molar-refractivity contribution is 0.0255. The number of ether oxygens (including phenoxy) is 1. The molecule has 2 fully saturated rings. The first-order chi connectivity index (χ1) is 10.1. The van der Waals surface area contributed by atoms with Crippen molar-refractivity contribution in [2.24, 2.45) is 5.41 Å². The zero-order valence-electron chi connectivity index (χ0n) is 14.7. The van der Waals surface area contributed by atoms with Gasteiger partial charge in [-0.2, -0.15) is 0 Å². The first-order valence-corrected chi connectivity index (χ1v) is 8.46. The second-order valence-corrected chi connectivity index (χ2v) is 8.51. The predicted molar refractivity (Wildman–Crippen MR) is 86.8 cm³/mol. The van der Waals surface area contributed by atoms with Crippen molar-refractivity contribution in [1.82, 2.24) is 10.2 Å². The molecule has 3 unspecified atom stereocenters. The van der Waals surface area contributed by atoms with Crippen LogP contribution in [0.2, 0.25) is 0 Å². The van der Waals surface area contributed by atoms with Gasteiger partial charge in [-0.25, -0.2) is 4.79 Å². The topological polar surface area (TPSA) is 61.8 Å². The van der Waals surface area contributed by atoms with Crippen molar-refractivity contribution < 1.29 is 14.6 Å². The zero-order chi connectivity index (χ0) is 16.5. The van der Waals surface area contributed by atoms with E-state index in [0.29, 0.717) is 11.8 Å². The largest absolute Gasteiger partial charge is 0.444 e. The minimum atomic E-state index is -0.485. The molecule has 0 aliphatic heterocycles. The molecule has 2 aliphatic carbocycles. The average Bonchev–Trinajstić information content (AvgIpc) is 3.06. The van der Waals surface area contributed by atoms with Gasteiger partial charge in [-0.15, -0.1) is 0 Å². The maximum absolute atomic E-state index is 12.1. The Kier molecular flexibility index (Phi) is 5.07. The fraction of sp³-hybridized carbons (Fsp3) is 0.941. The Hall–Kier alpha value is -0.810. The van der Waals surface area contributed by atoms with Gasteiger partial charge in [0.25, 0.3) is 0 Å². The second-order valence-electron chi connectivity index (χ2n) is 8.51. The molecule has 0 radical (unpaired) electrons. The van der Waals surface area contributed by atoms with E-state index in [4.69, 9.17) is 4.74 Å². The predicted octanol–water partition coefficient (Wildman–Crippen LogP) is 2.53. The van der Waals surface area contributed by atoms with Crippen molar-refractivity contribution in [2.75, 3.05) is 13.6 Å². The van der Waals surface area contributed by atoms with E-state index in [0.717, 1.165) is 19.4 Å². The van der Waals surface area contributed by atoms with Crippen molar-refractivity contribution in [3.63, 3.8) is 0 Å². The molecular formula is C17H32N2O3. The molecule has 5 nitrogen and oxygen atoms in total. The highest BCUT2D eigenvalue weighted by molar-refractivity contribution is 5.68. The van der Waals surface area contributed by atoms with Crippen molar-refractivity contribution in [3.05, 3.63) is 0 Å². The molecule has 2 rings (SSSR count). The van der Waals surface area contributed by atoms with Gasteiger partial charge in [0.2, 0.25) is 0 Å². The smallest absolute Gasteiger partial charge is 0.407 e. The third-order valence-corrected chi connectivity index (χ3v) is 4.79. The summed E-state index contributed by atoms with van der Waals surface area (Å²) in [5.41, 5.74) is -0.0607. The Labute approximate surface area is 134 Å². The van der Waals surface area contributed by atoms with E-state index in [1.54, 1.807) is 0 Å². The van der Waals surface area contributed by atoms with Gasteiger partial charge < -0.3 is 20.1 Å². The van der Waals surface area contributed by atoms with Crippen LogP contribution in [-0.2, 0) is 4.74 Å². The molecular weight excluding hydrogens is 280 g/mol. The molecule has 0 saturated heterocycles. The maximum atomic E-state index is 12.1. The summed E-state index contributed by atoms with van der Waals surface area (Å²) in [6, 6.07) is 0.222. The summed E-state index contributed by atoms with van der Waals surface area (Å²) < 4.78 is 5.38. The van der Waals surface area contributed by atoms with Crippen LogP contribution in [-0.4, -0.2) is 53.5 Å². The number of aliphatic hydroxyl groups excluding tert-OH is 1. The average molecular weight is 312 g/mol. The standard InChI is InChI=1S/C17H32N2O3/c1-16(2,3)22-15(21)18-13-7-6-12(20)10-14(13)19(5)11-17(4)8-9-17/h12-14,20H,6-11H2,1-5H3,(H,18,21). The Morgan fingerprint density at radius 3 is 2.55 bits per heavy atom. The number of alkyl carbamates (subject to hydrolysis) is 1. The molecule has 3 atom stereocenters. The number of rotatable bonds is 4. The van der Waals surface area contributed by atoms with Gasteiger partial charge in [0.05, 0.1) is 6.10 Å². The molecule has 2 saturated carbocycles. The van der Waals surface area contributed by atoms with E-state index in [2.05, 4.69) is 24.2 Å². The van der Waals surface area contributed by atoms with Crippen LogP contribution in [0.1, 0.15) is 59.8 Å². The fourth-order valence-electron chi connectivity index (χ4n) is 3.33. The number of nitrogens with one attached hydrogen (secondary N) is 1. The van der Waals surface area contributed by atoms with Crippen LogP contribution in [0.3, 0.4) is 0 Å². The summed E-state index contributed by atoms with van der Waals surface area (Å²) >= 11 is 0. The molecule has 22 heavy (non-hydrogen) atoms. The van der Waals surface area contributed by atoms with E-state index < -0.39 is 5.60 Å². The van der Waals surface area contributed by atoms with Gasteiger partial charge in [-0.3, -0.25) is 0 Å². The summed E-state index contributed by atoms with van der Waals surface area (Å²) in [5.74, 6) is 0. The van der Waals surface area contributed by atoms with Crippen LogP contribution in [0.15, 0.2) is 0 Å². The Balaban J connectivity index is 1.95. The van der Waals surface area contributed by atoms with E-state index in [-0.39, 0.29) is 24.3 Å². The summed E-state index contributed by atoms with van der Waals surface area (Å²) in [5, 5.41) is 13.0. The number of hydrogen-bond acceptors (Lipinski definition) is 4. The van der Waals surface area contributed by atoms with Gasteiger partial charge in [-0.05, 0) is 65.3 Å². The van der Waals surface area contributed by atoms with Crippen LogP contribution in [0.5, 0.6) is 0 Å². The molecule has 0 aromatic rings. The number of likely N-dealkylation sites (N-methyl/N-ethyl adjacent to an activating group) is 1. The van der Waals surface area contributed by atoms with Gasteiger partial charge in [0.15, 0.2) is 0 Å². The normalized spacial score (nSPS) is 31.0. The van der Waals surface area contributed by atoms with Gasteiger partial charge in [0.1, 0.15) is 5.60 Å². The van der Waals surface area contributed by atoms with Crippen LogP contribution in [0.4, 0.5) is 4.79 Å². The van der Waals surface area contributed by atoms with Crippen molar-refractivity contribution in [1.29, 1.82) is 0 Å². The van der Waals surface area contributed by atoms with Gasteiger partial charge in [-0.1, -0.05) is 6.92 Å². The highest BCUT2D eigenvalue weighted by atomic mass is 16.6. The monoisotopic (exact) mass is 312 g/mol. The molecule has 0 aromatic carbocycles. The molecule has 5 heteroatoms. The van der Waals surface area contributed by atoms with E-state index >= 15 is 0 Å². The summed E-state index contributed by atoms with van der Waals surface area (Å²) in [6.45, 7) is 8.94. The molecule has 0 aromatic heterocycles. The SMILES string of the molecule is CN(CC1(C)CC1)C1CC(O)CCC1NC(=O)OC(C)(C)C. The zero-order valence-corrected chi connectivity index (χ0v) is 14.7. The van der Waals surface area contributed by atoms with Crippen molar-refractivity contribution in [3.8, 4) is 0 Å². The molecule has 0 bridgehead atoms. The quantitative estimate of drug-likeness (QED) is 0.837. The molecule has 0 spiro atoms. The number of carbonyl (C=O) groups excluding carboxylic acids is 1. The molecule has 2 N–H and O–H groups in total. The lowest BCUT2D eigenvalue weighted by atomic mass is 9.87. The molecule has 2 aliphatic rings. The Bertz CT molecular complexity index is 401. The molecule has 1 amide bonds. The summed E-state index contributed by atoms with van der Waals surface area (Å²) in [6.07, 6.45) is 4.18. The van der Waals surface area contributed by atoms with Crippen LogP contribution in [0, 0.1) is 5.41 Å². The number of aliphatic hydroxyl groups is 1. The summed E-state index contributed by atoms with van der Waals surface area (Å²) in [4.78, 5) is 14.4. The highest BCUT2D eigenvalue weighted by Crippen LogP contribution is 2.46. The maximum Gasteiger partial charge on any atom is 0.407 e. The molecule has 128 valence electrons. The van der Waals surface area contributed by atoms with Crippen LogP contribution >= 0.6 is 0 Å². The number of hydrogen-bond donors (Lipinski definition) is 2. The minimum Gasteiger partial charge on any atom is -0.444 e. The summed E-state index contributed by atoms with van der Waals surface area (Å²) in [7, 11) is 2.11. The lowest BCUT2D eigenvalue weighted by Crippen LogP contribution is -2.55. The van der Waals surface area contributed by atoms with Crippen molar-refractivity contribution in [2.45, 2.75) is 83.6 Å². The number of amides is 1. The first-order valence-electron chi connectivity index (χ1n) is 8.46. The highest BCUT2D eigenvalue weighted by Gasteiger charge is 2.42. The Morgan fingerprint density at radius 1 is 1.36 bits per heavy atom. The minimum absolute atomic E-state index is 0.0469. The van der Waals surface area contributed by atoms with E-state index in [9.17, 15) is 9.90 Å². The van der Waals surface area contributed by atoms with Gasteiger partial charge >= 0.3 is 6.09 Å². The molecule has 0 heterocycles. The third kappa shape index (κ3) is 5.13. The third-order valence-electron chi connectivity index (χ3n) is 4.79. The van der Waals surface area contributed by atoms with E-state index in [1.165, 1.54) is 12.8 Å². The Morgan fingerprint density at radius 2 is 2.00 bits per heavy atom.